The van der Waals surface area contributed by atoms with Crippen molar-refractivity contribution < 1.29 is 40.3 Å². The molecule has 0 bridgehead atoms. The molecule has 0 aliphatic heterocycles. The molecule has 4 aromatic rings. The number of aromatic nitrogens is 6. The van der Waals surface area contributed by atoms with Crippen LogP contribution in [0.15, 0.2) is 42.7 Å². The smallest absolute Gasteiger partial charge is 0.366 e. The second-order valence-electron chi connectivity index (χ2n) is 8.99. The van der Waals surface area contributed by atoms with Crippen LogP contribution in [-0.4, -0.2) is 53.7 Å². The van der Waals surface area contributed by atoms with E-state index in [2.05, 4.69) is 25.7 Å². The molecule has 0 fully saturated rings. The maximum Gasteiger partial charge on any atom is 0.460 e. The number of rotatable bonds is 8. The molecule has 3 aromatic heterocycles. The quantitative estimate of drug-likeness (QED) is 0.200. The Morgan fingerprint density at radius 3 is 2.36 bits per heavy atom. The fourth-order valence-corrected chi connectivity index (χ4v) is 4.61. The number of benzene rings is 1. The van der Waals surface area contributed by atoms with Gasteiger partial charge in [-0.1, -0.05) is 11.3 Å². The van der Waals surface area contributed by atoms with Crippen LogP contribution in [0.1, 0.15) is 43.4 Å². The molecule has 10 nitrogen and oxygen atoms in total. The molecule has 0 aliphatic rings. The minimum atomic E-state index is -6.55. The van der Waals surface area contributed by atoms with E-state index in [1.807, 2.05) is 22.6 Å². The largest absolute Gasteiger partial charge is 0.460 e. The number of alkyl halides is 7. The topological polar surface area (TPSA) is 134 Å². The first-order chi connectivity index (χ1) is 19.4. The molecule has 0 atom stereocenters. The molecule has 3 heterocycles. The van der Waals surface area contributed by atoms with Gasteiger partial charge in [-0.3, -0.25) is 9.59 Å². The highest BCUT2D eigenvalue weighted by atomic mass is 127. The highest BCUT2D eigenvalue weighted by Crippen LogP contribution is 2.51. The lowest BCUT2D eigenvalue weighted by Gasteiger charge is -2.26. The summed E-state index contributed by atoms with van der Waals surface area (Å²) in [6.45, 7) is 2.73. The van der Waals surface area contributed by atoms with Gasteiger partial charge in [-0.05, 0) is 71.8 Å². The van der Waals surface area contributed by atoms with E-state index >= 15 is 0 Å². The van der Waals surface area contributed by atoms with Gasteiger partial charge in [0.2, 0.25) is 0 Å². The Bertz CT molecular complexity index is 1680. The summed E-state index contributed by atoms with van der Waals surface area (Å²) in [6, 6.07) is 7.63. The maximum absolute atomic E-state index is 14.1. The molecule has 0 saturated heterocycles. The SMILES string of the molecule is Cc1cccnc1-n1nc(Cn2cc(C(F)(F)C(F)(F)C(F)(F)F)nn2)cc1C(=O)Nc1c(C)cc(I)cc1C(N)=O. The van der Waals surface area contributed by atoms with Crippen molar-refractivity contribution >= 4 is 40.1 Å². The Labute approximate surface area is 245 Å². The van der Waals surface area contributed by atoms with E-state index in [4.69, 9.17) is 5.73 Å². The van der Waals surface area contributed by atoms with Crippen LogP contribution in [0.3, 0.4) is 0 Å². The van der Waals surface area contributed by atoms with Crippen LogP contribution in [0.5, 0.6) is 0 Å². The molecule has 0 saturated carbocycles. The predicted octanol–water partition coefficient (Wildman–Crippen LogP) is 4.77. The predicted molar refractivity (Wildman–Crippen MR) is 140 cm³/mol. The van der Waals surface area contributed by atoms with Gasteiger partial charge in [-0.2, -0.15) is 35.8 Å². The normalized spacial score (nSPS) is 12.4. The van der Waals surface area contributed by atoms with Crippen LogP contribution in [0, 0.1) is 17.4 Å². The molecule has 4 rings (SSSR count). The first kappa shape index (κ1) is 30.8. The summed E-state index contributed by atoms with van der Waals surface area (Å²) < 4.78 is 95.2. The molecule has 0 spiro atoms. The molecule has 18 heteroatoms. The van der Waals surface area contributed by atoms with Crippen molar-refractivity contribution in [1.82, 2.24) is 29.8 Å². The van der Waals surface area contributed by atoms with Gasteiger partial charge in [-0.25, -0.2) is 14.3 Å². The fourth-order valence-electron chi connectivity index (χ4n) is 3.84. The van der Waals surface area contributed by atoms with Crippen LogP contribution in [0.2, 0.25) is 0 Å². The van der Waals surface area contributed by atoms with Crippen LogP contribution in [-0.2, 0) is 12.5 Å². The van der Waals surface area contributed by atoms with Gasteiger partial charge >= 0.3 is 18.0 Å². The van der Waals surface area contributed by atoms with Crippen molar-refractivity contribution in [2.75, 3.05) is 5.32 Å². The van der Waals surface area contributed by atoms with Crippen molar-refractivity contribution in [2.45, 2.75) is 38.4 Å². The van der Waals surface area contributed by atoms with E-state index in [1.54, 1.807) is 32.0 Å². The first-order valence-electron chi connectivity index (χ1n) is 11.6. The average molecular weight is 710 g/mol. The van der Waals surface area contributed by atoms with Gasteiger partial charge in [0.1, 0.15) is 5.69 Å². The minimum Gasteiger partial charge on any atom is -0.366 e. The van der Waals surface area contributed by atoms with Crippen molar-refractivity contribution in [3.63, 3.8) is 0 Å². The number of anilines is 1. The molecule has 2 amide bonds. The summed E-state index contributed by atoms with van der Waals surface area (Å²) >= 11 is 1.97. The molecular weight excluding hydrogens is 692 g/mol. The fraction of sp³-hybridized carbons (Fsp3) is 0.250. The number of nitrogens with zero attached hydrogens (tertiary/aromatic N) is 6. The van der Waals surface area contributed by atoms with E-state index in [0.29, 0.717) is 19.4 Å². The van der Waals surface area contributed by atoms with Crippen LogP contribution in [0.25, 0.3) is 5.82 Å². The zero-order valence-corrected chi connectivity index (χ0v) is 23.5. The van der Waals surface area contributed by atoms with Crippen molar-refractivity contribution in [3.05, 3.63) is 80.1 Å². The van der Waals surface area contributed by atoms with Gasteiger partial charge in [0.25, 0.3) is 11.8 Å². The average Bonchev–Trinajstić information content (AvgIpc) is 3.53. The molecule has 0 unspecified atom stereocenters. The molecule has 3 N–H and O–H groups in total. The standard InChI is InChI=1S/C24H18F7IN8O2/c1-11-4-3-5-34-20(11)40-16(21(42)35-18-12(2)6-13(32)7-15(18)19(33)41)8-14(37-40)9-39-10-17(36-38-39)22(25,26)23(27,28)24(29,30)31/h3-8,10H,9H2,1-2H3,(H2,33,41)(H,35,42). The second-order valence-corrected chi connectivity index (χ2v) is 10.2. The molecule has 1 aromatic carbocycles. The Hall–Kier alpha value is -4.10. The minimum absolute atomic E-state index is 0.0276. The van der Waals surface area contributed by atoms with Gasteiger partial charge in [0, 0.05) is 9.77 Å². The van der Waals surface area contributed by atoms with Crippen molar-refractivity contribution in [3.8, 4) is 5.82 Å². The lowest BCUT2D eigenvalue weighted by molar-refractivity contribution is -0.360. The summed E-state index contributed by atoms with van der Waals surface area (Å²) in [5.41, 5.74) is 4.56. The van der Waals surface area contributed by atoms with E-state index in [-0.39, 0.29) is 34.7 Å². The summed E-state index contributed by atoms with van der Waals surface area (Å²) in [5, 5.41) is 12.9. The molecule has 0 radical (unpaired) electrons. The maximum atomic E-state index is 14.1. The van der Waals surface area contributed by atoms with Crippen LogP contribution < -0.4 is 11.1 Å². The third-order valence-electron chi connectivity index (χ3n) is 5.91. The number of aryl methyl sites for hydroxylation is 2. The zero-order valence-electron chi connectivity index (χ0n) is 21.3. The van der Waals surface area contributed by atoms with E-state index in [1.165, 1.54) is 18.3 Å². The number of amides is 2. The number of primary amides is 1. The number of nitrogens with two attached hydrogens (primary N) is 1. The summed E-state index contributed by atoms with van der Waals surface area (Å²) in [4.78, 5) is 29.7. The number of carbonyl (C=O) groups excluding carboxylic acids is 2. The van der Waals surface area contributed by atoms with Crippen LogP contribution in [0.4, 0.5) is 36.4 Å². The Morgan fingerprint density at radius 2 is 1.74 bits per heavy atom. The summed E-state index contributed by atoms with van der Waals surface area (Å²) in [6.07, 6.45) is -4.92. The van der Waals surface area contributed by atoms with E-state index < -0.39 is 42.1 Å². The lowest BCUT2D eigenvalue weighted by Crippen LogP contribution is -2.50. The summed E-state index contributed by atoms with van der Waals surface area (Å²) in [7, 11) is 0. The summed E-state index contributed by atoms with van der Waals surface area (Å²) in [5.74, 6) is -13.6. The first-order valence-corrected chi connectivity index (χ1v) is 12.7. The number of hydrogen-bond donors (Lipinski definition) is 2. The molecule has 0 aliphatic carbocycles. The number of hydrogen-bond acceptors (Lipinski definition) is 6. The third kappa shape index (κ3) is 5.66. The number of nitrogens with one attached hydrogen (secondary N) is 1. The molecule has 42 heavy (non-hydrogen) atoms. The van der Waals surface area contributed by atoms with Gasteiger partial charge in [0.05, 0.1) is 29.7 Å². The van der Waals surface area contributed by atoms with Gasteiger partial charge in [-0.15, -0.1) is 5.10 Å². The zero-order chi connectivity index (χ0) is 31.2. The van der Waals surface area contributed by atoms with Crippen LogP contribution >= 0.6 is 22.6 Å². The van der Waals surface area contributed by atoms with E-state index in [9.17, 15) is 40.3 Å². The van der Waals surface area contributed by atoms with Crippen molar-refractivity contribution in [1.29, 1.82) is 0 Å². The third-order valence-corrected chi connectivity index (χ3v) is 6.54. The number of halogens is 8. The van der Waals surface area contributed by atoms with Gasteiger partial charge in [0.15, 0.2) is 11.5 Å². The highest BCUT2D eigenvalue weighted by Gasteiger charge is 2.74. The second kappa shape index (κ2) is 11.0. The molecular formula is C24H18F7IN8O2. The van der Waals surface area contributed by atoms with E-state index in [0.717, 1.165) is 4.68 Å². The van der Waals surface area contributed by atoms with Gasteiger partial charge < -0.3 is 11.1 Å². The monoisotopic (exact) mass is 710 g/mol. The number of carbonyl (C=O) groups is 2. The lowest BCUT2D eigenvalue weighted by atomic mass is 10.1. The van der Waals surface area contributed by atoms with Crippen molar-refractivity contribution in [2.24, 2.45) is 5.73 Å². The Morgan fingerprint density at radius 1 is 1.05 bits per heavy atom. The highest BCUT2D eigenvalue weighted by molar-refractivity contribution is 14.1. The Balaban J connectivity index is 1.73. The molecule has 222 valence electrons. The Kier molecular flexibility index (Phi) is 8.04. The number of pyridine rings is 1.